The summed E-state index contributed by atoms with van der Waals surface area (Å²) in [5.41, 5.74) is 0. The SMILES string of the molecule is CCCCCCCCCCCCCCCCCCCCCCCCCCC(=O)OC[C@H](COP(=O)(O)OCC[N+](C)(C)C)OC(=O)CCCCCCCCCCCCCCCCCCCCCCCCCC. The molecule has 72 heavy (non-hydrogen) atoms. The van der Waals surface area contributed by atoms with Crippen molar-refractivity contribution < 1.29 is 42.1 Å². The Bertz CT molecular complexity index is 1180. The molecule has 0 aliphatic heterocycles. The third kappa shape index (κ3) is 58.3. The van der Waals surface area contributed by atoms with E-state index in [1.54, 1.807) is 0 Å². The lowest BCUT2D eigenvalue weighted by Gasteiger charge is -2.24. The predicted molar refractivity (Wildman–Crippen MR) is 308 cm³/mol. The molecule has 0 aromatic rings. The molecule has 0 aromatic heterocycles. The van der Waals surface area contributed by atoms with E-state index in [1.165, 1.54) is 270 Å². The number of likely N-dealkylation sites (N-methyl/N-ethyl adjacent to an activating group) is 1. The minimum Gasteiger partial charge on any atom is -0.462 e. The van der Waals surface area contributed by atoms with Crippen molar-refractivity contribution in [2.75, 3.05) is 47.5 Å². The van der Waals surface area contributed by atoms with E-state index in [0.29, 0.717) is 17.4 Å². The lowest BCUT2D eigenvalue weighted by molar-refractivity contribution is -0.870. The molecule has 430 valence electrons. The van der Waals surface area contributed by atoms with Crippen molar-refractivity contribution in [3.63, 3.8) is 0 Å². The van der Waals surface area contributed by atoms with Gasteiger partial charge in [0.05, 0.1) is 27.7 Å². The third-order valence-corrected chi connectivity index (χ3v) is 15.6. The number of rotatable bonds is 60. The first-order chi connectivity index (χ1) is 35.0. The number of ether oxygens (including phenoxy) is 2. The fourth-order valence-electron chi connectivity index (χ4n) is 9.73. The van der Waals surface area contributed by atoms with Crippen molar-refractivity contribution in [1.29, 1.82) is 0 Å². The molecule has 0 fully saturated rings. The van der Waals surface area contributed by atoms with Crippen LogP contribution in [0.25, 0.3) is 0 Å². The summed E-state index contributed by atoms with van der Waals surface area (Å²) in [5, 5.41) is 0. The van der Waals surface area contributed by atoms with E-state index in [2.05, 4.69) is 13.8 Å². The van der Waals surface area contributed by atoms with Crippen LogP contribution in [0.15, 0.2) is 0 Å². The highest BCUT2D eigenvalue weighted by Gasteiger charge is 2.27. The van der Waals surface area contributed by atoms with Crippen molar-refractivity contribution in [2.45, 2.75) is 341 Å². The molecular weight excluding hydrogens is 918 g/mol. The Hall–Kier alpha value is -0.990. The molecule has 1 unspecified atom stereocenters. The molecule has 0 aliphatic rings. The van der Waals surface area contributed by atoms with Crippen molar-refractivity contribution in [2.24, 2.45) is 0 Å². The zero-order chi connectivity index (χ0) is 52.7. The molecule has 0 saturated carbocycles. The van der Waals surface area contributed by atoms with Gasteiger partial charge in [-0.3, -0.25) is 18.6 Å². The average Bonchev–Trinajstić information content (AvgIpc) is 3.34. The summed E-state index contributed by atoms with van der Waals surface area (Å²) < 4.78 is 34.7. The van der Waals surface area contributed by atoms with Crippen LogP contribution in [0, 0.1) is 0 Å². The standard InChI is InChI=1S/C62H124NO8P/c1-6-8-10-12-14-16-18-20-22-24-26-28-30-32-34-36-38-40-42-44-46-48-50-52-54-61(64)68-58-60(59-70-72(66,67)69-57-56-63(3,4)5)71-62(65)55-53-51-49-47-45-43-41-39-37-35-33-31-29-27-25-23-21-19-17-15-13-11-9-7-2/h60H,6-59H2,1-5H3/p+1/t60-/m1/s1. The molecule has 2 atom stereocenters. The summed E-state index contributed by atoms with van der Waals surface area (Å²) in [6.45, 7) is 4.52. The second-order valence-corrected chi connectivity index (χ2v) is 24.6. The lowest BCUT2D eigenvalue weighted by Crippen LogP contribution is -2.37. The van der Waals surface area contributed by atoms with Gasteiger partial charge in [-0.15, -0.1) is 0 Å². The topological polar surface area (TPSA) is 108 Å². The summed E-state index contributed by atoms with van der Waals surface area (Å²) >= 11 is 0. The minimum atomic E-state index is -4.38. The second kappa shape index (κ2) is 54.8. The van der Waals surface area contributed by atoms with Crippen molar-refractivity contribution in [1.82, 2.24) is 0 Å². The second-order valence-electron chi connectivity index (χ2n) is 23.2. The number of nitrogens with zero attached hydrogens (tertiary/aromatic N) is 1. The Morgan fingerprint density at radius 2 is 0.625 bits per heavy atom. The number of hydrogen-bond acceptors (Lipinski definition) is 7. The van der Waals surface area contributed by atoms with E-state index >= 15 is 0 Å². The molecule has 0 saturated heterocycles. The molecule has 9 nitrogen and oxygen atoms in total. The largest absolute Gasteiger partial charge is 0.472 e. The number of carbonyl (C=O) groups excluding carboxylic acids is 2. The van der Waals surface area contributed by atoms with Crippen LogP contribution in [0.5, 0.6) is 0 Å². The summed E-state index contributed by atoms with van der Waals surface area (Å²) in [4.78, 5) is 35.8. The Kier molecular flexibility index (Phi) is 54.0. The molecule has 0 radical (unpaired) electrons. The smallest absolute Gasteiger partial charge is 0.462 e. The molecule has 0 amide bonds. The highest BCUT2D eigenvalue weighted by atomic mass is 31.2. The van der Waals surface area contributed by atoms with Gasteiger partial charge < -0.3 is 18.9 Å². The molecule has 0 heterocycles. The van der Waals surface area contributed by atoms with Crippen LogP contribution in [-0.4, -0.2) is 74.9 Å². The fourth-order valence-corrected chi connectivity index (χ4v) is 10.5. The quantitative estimate of drug-likeness (QED) is 0.0278. The van der Waals surface area contributed by atoms with Crippen LogP contribution in [0.4, 0.5) is 0 Å². The van der Waals surface area contributed by atoms with Crippen LogP contribution in [0.3, 0.4) is 0 Å². The van der Waals surface area contributed by atoms with Crippen LogP contribution >= 0.6 is 7.82 Å². The summed E-state index contributed by atoms with van der Waals surface area (Å²) in [7, 11) is 1.50. The first kappa shape index (κ1) is 71.0. The number of hydrogen-bond donors (Lipinski definition) is 1. The average molecular weight is 1040 g/mol. The highest BCUT2D eigenvalue weighted by Crippen LogP contribution is 2.43. The number of quaternary nitrogens is 1. The maximum Gasteiger partial charge on any atom is 0.472 e. The Morgan fingerprint density at radius 1 is 0.375 bits per heavy atom. The highest BCUT2D eigenvalue weighted by molar-refractivity contribution is 7.47. The number of unbranched alkanes of at least 4 members (excludes halogenated alkanes) is 46. The molecule has 10 heteroatoms. The number of carbonyl (C=O) groups is 2. The van der Waals surface area contributed by atoms with Crippen molar-refractivity contribution in [3.05, 3.63) is 0 Å². The first-order valence-electron chi connectivity index (χ1n) is 31.8. The Balaban J connectivity index is 4.05. The molecule has 1 N–H and O–H groups in total. The maximum absolute atomic E-state index is 12.8. The van der Waals surface area contributed by atoms with E-state index in [9.17, 15) is 19.0 Å². The lowest BCUT2D eigenvalue weighted by atomic mass is 10.0. The van der Waals surface area contributed by atoms with Crippen LogP contribution in [0.2, 0.25) is 0 Å². The van der Waals surface area contributed by atoms with Gasteiger partial charge in [-0.25, -0.2) is 4.57 Å². The predicted octanol–water partition coefficient (Wildman–Crippen LogP) is 19.8. The zero-order valence-electron chi connectivity index (χ0n) is 49.0. The van der Waals surface area contributed by atoms with E-state index in [-0.39, 0.29) is 25.6 Å². The van der Waals surface area contributed by atoms with Crippen molar-refractivity contribution in [3.8, 4) is 0 Å². The van der Waals surface area contributed by atoms with E-state index in [1.807, 2.05) is 21.1 Å². The van der Waals surface area contributed by atoms with Gasteiger partial charge in [0.2, 0.25) is 0 Å². The van der Waals surface area contributed by atoms with Gasteiger partial charge in [0.15, 0.2) is 6.10 Å². The molecule has 0 rings (SSSR count). The molecular formula is C62H125NO8P+. The van der Waals surface area contributed by atoms with Crippen LogP contribution in [-0.2, 0) is 32.7 Å². The van der Waals surface area contributed by atoms with Gasteiger partial charge in [0.1, 0.15) is 19.8 Å². The van der Waals surface area contributed by atoms with Crippen molar-refractivity contribution >= 4 is 19.8 Å². The van der Waals surface area contributed by atoms with Gasteiger partial charge in [0.25, 0.3) is 0 Å². The third-order valence-electron chi connectivity index (χ3n) is 14.6. The molecule has 0 aromatic carbocycles. The first-order valence-corrected chi connectivity index (χ1v) is 33.3. The Morgan fingerprint density at radius 3 is 0.889 bits per heavy atom. The summed E-state index contributed by atoms with van der Waals surface area (Å²) in [5.74, 6) is -0.770. The van der Waals surface area contributed by atoms with Gasteiger partial charge in [-0.1, -0.05) is 309 Å². The maximum atomic E-state index is 12.8. The number of phosphoric acid groups is 1. The van der Waals surface area contributed by atoms with Gasteiger partial charge in [-0.05, 0) is 12.8 Å². The van der Waals surface area contributed by atoms with E-state index < -0.39 is 26.5 Å². The summed E-state index contributed by atoms with van der Waals surface area (Å²) in [6, 6.07) is 0. The minimum absolute atomic E-state index is 0.0376. The van der Waals surface area contributed by atoms with Crippen LogP contribution < -0.4 is 0 Å². The zero-order valence-corrected chi connectivity index (χ0v) is 49.9. The fraction of sp³-hybridized carbons (Fsp3) is 0.968. The molecule has 0 bridgehead atoms. The van der Waals surface area contributed by atoms with Gasteiger partial charge >= 0.3 is 19.8 Å². The molecule has 0 aliphatic carbocycles. The van der Waals surface area contributed by atoms with Crippen LogP contribution in [0.1, 0.15) is 335 Å². The van der Waals surface area contributed by atoms with E-state index in [4.69, 9.17) is 18.5 Å². The van der Waals surface area contributed by atoms with E-state index in [0.717, 1.165) is 38.5 Å². The van der Waals surface area contributed by atoms with Gasteiger partial charge in [0, 0.05) is 12.8 Å². The number of esters is 2. The number of phosphoric ester groups is 1. The molecule has 0 spiro atoms. The van der Waals surface area contributed by atoms with Gasteiger partial charge in [-0.2, -0.15) is 0 Å². The normalized spacial score (nSPS) is 13.1. The monoisotopic (exact) mass is 1040 g/mol. The summed E-state index contributed by atoms with van der Waals surface area (Å²) in [6.07, 6.45) is 63.3. The Labute approximate surface area is 448 Å².